The Morgan fingerprint density at radius 3 is 2.75 bits per heavy atom. The summed E-state index contributed by atoms with van der Waals surface area (Å²) in [6.07, 6.45) is 6.24. The van der Waals surface area contributed by atoms with Crippen molar-refractivity contribution in [1.82, 2.24) is 4.98 Å². The number of ether oxygens (including phenoxy) is 2. The standard InChI is InChI=1S/C19H19ClN2O5S/c1-26-19(25)15-11-6-3-2-4-8-13(11)28-17(15)22-14(23)10-27-18(24)12-7-5-9-21-16(12)20/h5,7,9H,2-4,6,8,10H2,1H3,(H,22,23). The number of carbonyl (C=O) groups excluding carboxylic acids is 3. The zero-order valence-electron chi connectivity index (χ0n) is 15.2. The molecule has 7 nitrogen and oxygen atoms in total. The van der Waals surface area contributed by atoms with Crippen LogP contribution < -0.4 is 5.32 Å². The van der Waals surface area contributed by atoms with E-state index < -0.39 is 24.5 Å². The number of halogens is 1. The van der Waals surface area contributed by atoms with Gasteiger partial charge in [-0.05, 0) is 43.4 Å². The number of nitrogens with one attached hydrogen (secondary N) is 1. The van der Waals surface area contributed by atoms with E-state index in [0.717, 1.165) is 42.5 Å². The fraction of sp³-hybridized carbons (Fsp3) is 0.368. The first-order valence-corrected chi connectivity index (χ1v) is 10.0. The lowest BCUT2D eigenvalue weighted by atomic mass is 10.1. The highest BCUT2D eigenvalue weighted by molar-refractivity contribution is 7.17. The summed E-state index contributed by atoms with van der Waals surface area (Å²) in [7, 11) is 1.31. The van der Waals surface area contributed by atoms with Crippen molar-refractivity contribution in [2.45, 2.75) is 32.1 Å². The maximum atomic E-state index is 12.3. The number of hydrogen-bond donors (Lipinski definition) is 1. The molecule has 0 saturated carbocycles. The summed E-state index contributed by atoms with van der Waals surface area (Å²) in [6.45, 7) is -0.507. The van der Waals surface area contributed by atoms with Crippen LogP contribution in [0.3, 0.4) is 0 Å². The number of aryl methyl sites for hydroxylation is 1. The van der Waals surface area contributed by atoms with E-state index in [1.54, 1.807) is 6.07 Å². The van der Waals surface area contributed by atoms with Gasteiger partial charge in [-0.1, -0.05) is 18.0 Å². The summed E-state index contributed by atoms with van der Waals surface area (Å²) in [5.41, 5.74) is 1.43. The van der Waals surface area contributed by atoms with E-state index in [1.165, 1.54) is 30.7 Å². The number of aromatic nitrogens is 1. The number of thiophene rings is 1. The van der Waals surface area contributed by atoms with Crippen molar-refractivity contribution in [3.63, 3.8) is 0 Å². The number of amides is 1. The molecule has 2 heterocycles. The van der Waals surface area contributed by atoms with Gasteiger partial charge in [0.2, 0.25) is 0 Å². The van der Waals surface area contributed by atoms with Crippen molar-refractivity contribution < 1.29 is 23.9 Å². The van der Waals surface area contributed by atoms with Crippen molar-refractivity contribution in [3.05, 3.63) is 45.1 Å². The first-order valence-electron chi connectivity index (χ1n) is 8.81. The largest absolute Gasteiger partial charge is 0.465 e. The lowest BCUT2D eigenvalue weighted by molar-refractivity contribution is -0.119. The minimum Gasteiger partial charge on any atom is -0.465 e. The molecule has 0 aromatic carbocycles. The second kappa shape index (κ2) is 9.16. The first-order chi connectivity index (χ1) is 13.5. The molecule has 0 spiro atoms. The summed E-state index contributed by atoms with van der Waals surface area (Å²) >= 11 is 7.22. The zero-order chi connectivity index (χ0) is 20.1. The molecule has 1 aliphatic carbocycles. The van der Waals surface area contributed by atoms with Gasteiger partial charge in [-0.2, -0.15) is 0 Å². The van der Waals surface area contributed by atoms with Crippen LogP contribution in [0.2, 0.25) is 5.15 Å². The monoisotopic (exact) mass is 422 g/mol. The third-order valence-corrected chi connectivity index (χ3v) is 5.89. The van der Waals surface area contributed by atoms with Crippen LogP contribution in [-0.4, -0.2) is 36.5 Å². The molecule has 0 aliphatic heterocycles. The summed E-state index contributed by atoms with van der Waals surface area (Å²) in [5.74, 6) is -1.77. The Balaban J connectivity index is 1.71. The SMILES string of the molecule is COC(=O)c1c(NC(=O)COC(=O)c2cccnc2Cl)sc2c1CCCCC2. The molecular formula is C19H19ClN2O5S. The molecule has 0 atom stereocenters. The molecule has 0 bridgehead atoms. The number of pyridine rings is 1. The number of methoxy groups -OCH3 is 1. The van der Waals surface area contributed by atoms with Gasteiger partial charge in [-0.15, -0.1) is 11.3 Å². The van der Waals surface area contributed by atoms with Crippen molar-refractivity contribution in [2.24, 2.45) is 0 Å². The number of rotatable bonds is 5. The molecule has 2 aromatic rings. The Morgan fingerprint density at radius 1 is 1.21 bits per heavy atom. The molecule has 28 heavy (non-hydrogen) atoms. The van der Waals surface area contributed by atoms with Crippen molar-refractivity contribution in [2.75, 3.05) is 19.0 Å². The Hall–Kier alpha value is -2.45. The molecule has 0 fully saturated rings. The second-order valence-electron chi connectivity index (χ2n) is 6.23. The van der Waals surface area contributed by atoms with Gasteiger partial charge < -0.3 is 14.8 Å². The van der Waals surface area contributed by atoms with Gasteiger partial charge in [-0.3, -0.25) is 4.79 Å². The van der Waals surface area contributed by atoms with Crippen LogP contribution in [0.1, 0.15) is 50.4 Å². The number of hydrogen-bond acceptors (Lipinski definition) is 7. The van der Waals surface area contributed by atoms with Crippen LogP contribution in [0.25, 0.3) is 0 Å². The predicted molar refractivity (Wildman–Crippen MR) is 105 cm³/mol. The van der Waals surface area contributed by atoms with Crippen LogP contribution in [0.15, 0.2) is 18.3 Å². The first kappa shape index (κ1) is 20.3. The maximum absolute atomic E-state index is 12.3. The van der Waals surface area contributed by atoms with E-state index in [4.69, 9.17) is 21.1 Å². The Kier molecular flexibility index (Phi) is 6.64. The van der Waals surface area contributed by atoms with Crippen LogP contribution in [0.4, 0.5) is 5.00 Å². The van der Waals surface area contributed by atoms with Crippen LogP contribution in [0.5, 0.6) is 0 Å². The van der Waals surface area contributed by atoms with E-state index in [-0.39, 0.29) is 10.7 Å². The smallest absolute Gasteiger partial charge is 0.341 e. The van der Waals surface area contributed by atoms with E-state index in [0.29, 0.717) is 10.6 Å². The quantitative estimate of drug-likeness (QED) is 0.449. The highest BCUT2D eigenvalue weighted by atomic mass is 35.5. The lowest BCUT2D eigenvalue weighted by Gasteiger charge is -2.08. The zero-order valence-corrected chi connectivity index (χ0v) is 16.8. The Bertz CT molecular complexity index is 912. The molecular weight excluding hydrogens is 404 g/mol. The highest BCUT2D eigenvalue weighted by Crippen LogP contribution is 2.37. The highest BCUT2D eigenvalue weighted by Gasteiger charge is 2.26. The summed E-state index contributed by atoms with van der Waals surface area (Å²) in [6, 6.07) is 3.01. The van der Waals surface area contributed by atoms with Gasteiger partial charge in [0.25, 0.3) is 5.91 Å². The molecule has 9 heteroatoms. The van der Waals surface area contributed by atoms with Gasteiger partial charge >= 0.3 is 11.9 Å². The average molecular weight is 423 g/mol. The normalized spacial score (nSPS) is 13.2. The van der Waals surface area contributed by atoms with Gasteiger partial charge in [0, 0.05) is 11.1 Å². The topological polar surface area (TPSA) is 94.6 Å². The van der Waals surface area contributed by atoms with Crippen molar-refractivity contribution >= 4 is 45.8 Å². The molecule has 0 radical (unpaired) electrons. The van der Waals surface area contributed by atoms with Crippen LogP contribution in [0, 0.1) is 0 Å². The summed E-state index contributed by atoms with van der Waals surface area (Å²) < 4.78 is 9.91. The molecule has 1 N–H and O–H groups in total. The molecule has 2 aromatic heterocycles. The van der Waals surface area contributed by atoms with Crippen LogP contribution >= 0.6 is 22.9 Å². The van der Waals surface area contributed by atoms with Gasteiger partial charge in [0.05, 0.1) is 18.2 Å². The molecule has 0 unspecified atom stereocenters. The number of anilines is 1. The Labute approximate surface area is 171 Å². The third kappa shape index (κ3) is 4.51. The van der Waals surface area contributed by atoms with Crippen molar-refractivity contribution in [1.29, 1.82) is 0 Å². The number of nitrogens with zero attached hydrogens (tertiary/aromatic N) is 1. The average Bonchev–Trinajstić information content (AvgIpc) is 2.86. The Morgan fingerprint density at radius 2 is 2.00 bits per heavy atom. The summed E-state index contributed by atoms with van der Waals surface area (Å²) in [5, 5.41) is 3.11. The van der Waals surface area contributed by atoms with E-state index in [2.05, 4.69) is 10.3 Å². The minimum absolute atomic E-state index is 0.00267. The second-order valence-corrected chi connectivity index (χ2v) is 7.69. The minimum atomic E-state index is -0.747. The van der Waals surface area contributed by atoms with Gasteiger partial charge in [0.1, 0.15) is 10.2 Å². The van der Waals surface area contributed by atoms with Crippen molar-refractivity contribution in [3.8, 4) is 0 Å². The lowest BCUT2D eigenvalue weighted by Crippen LogP contribution is -2.22. The van der Waals surface area contributed by atoms with E-state index in [9.17, 15) is 14.4 Å². The number of esters is 2. The number of fused-ring (bicyclic) bond motifs is 1. The number of carbonyl (C=O) groups is 3. The fourth-order valence-corrected chi connectivity index (χ4v) is 4.55. The molecule has 148 valence electrons. The fourth-order valence-electron chi connectivity index (χ4n) is 3.06. The molecule has 1 aliphatic rings. The van der Waals surface area contributed by atoms with Gasteiger partial charge in [0.15, 0.2) is 6.61 Å². The summed E-state index contributed by atoms with van der Waals surface area (Å²) in [4.78, 5) is 41.5. The molecule has 3 rings (SSSR count). The van der Waals surface area contributed by atoms with E-state index in [1.807, 2.05) is 0 Å². The predicted octanol–water partition coefficient (Wildman–Crippen LogP) is 3.65. The third-order valence-electron chi connectivity index (χ3n) is 4.38. The van der Waals surface area contributed by atoms with Gasteiger partial charge in [-0.25, -0.2) is 14.6 Å². The molecule has 1 amide bonds. The van der Waals surface area contributed by atoms with Crippen LogP contribution in [-0.2, 0) is 27.1 Å². The molecule has 0 saturated heterocycles. The van der Waals surface area contributed by atoms with E-state index >= 15 is 0 Å². The maximum Gasteiger partial charge on any atom is 0.341 e.